The van der Waals surface area contributed by atoms with E-state index >= 15 is 0 Å². The van der Waals surface area contributed by atoms with Crippen molar-refractivity contribution in [2.24, 2.45) is 0 Å². The molecular formula is C23H22FN3OS. The van der Waals surface area contributed by atoms with Crippen LogP contribution in [-0.2, 0) is 6.54 Å². The van der Waals surface area contributed by atoms with Crippen LogP contribution in [0.2, 0.25) is 0 Å². The molecule has 4 nitrogen and oxygen atoms in total. The minimum Gasteiger partial charge on any atom is -0.349 e. The van der Waals surface area contributed by atoms with Gasteiger partial charge in [0.15, 0.2) is 0 Å². The number of carbonyl (C=O) groups is 1. The number of halogens is 1. The van der Waals surface area contributed by atoms with Crippen LogP contribution in [0.5, 0.6) is 0 Å². The second-order valence-corrected chi connectivity index (χ2v) is 8.65. The number of nitrogens with zero attached hydrogens (tertiary/aromatic N) is 2. The Bertz CT molecular complexity index is 1190. The van der Waals surface area contributed by atoms with Gasteiger partial charge < -0.3 is 9.88 Å². The van der Waals surface area contributed by atoms with Crippen molar-refractivity contribution in [2.75, 3.05) is 0 Å². The van der Waals surface area contributed by atoms with E-state index in [4.69, 9.17) is 0 Å². The van der Waals surface area contributed by atoms with Crippen molar-refractivity contribution in [2.45, 2.75) is 44.7 Å². The van der Waals surface area contributed by atoms with Gasteiger partial charge in [-0.05, 0) is 42.7 Å². The Balaban J connectivity index is 1.50. The van der Waals surface area contributed by atoms with E-state index in [9.17, 15) is 9.18 Å². The van der Waals surface area contributed by atoms with Gasteiger partial charge in [-0.2, -0.15) is 0 Å². The van der Waals surface area contributed by atoms with E-state index in [-0.39, 0.29) is 17.8 Å². The summed E-state index contributed by atoms with van der Waals surface area (Å²) in [5, 5.41) is 3.53. The fraction of sp³-hybridized carbons (Fsp3) is 0.304. The van der Waals surface area contributed by atoms with Gasteiger partial charge in [0.2, 0.25) is 0 Å². The molecule has 0 unspecified atom stereocenters. The minimum absolute atomic E-state index is 0.177. The summed E-state index contributed by atoms with van der Waals surface area (Å²) in [7, 11) is 0. The average molecular weight is 408 g/mol. The predicted octanol–water partition coefficient (Wildman–Crippen LogP) is 5.50. The van der Waals surface area contributed by atoms with Gasteiger partial charge in [0, 0.05) is 24.2 Å². The van der Waals surface area contributed by atoms with Gasteiger partial charge in [-0.1, -0.05) is 31.4 Å². The van der Waals surface area contributed by atoms with Crippen LogP contribution in [0, 0.1) is 5.82 Å². The maximum absolute atomic E-state index is 14.7. The van der Waals surface area contributed by atoms with Gasteiger partial charge in [0.05, 0.1) is 26.8 Å². The molecule has 1 amide bonds. The van der Waals surface area contributed by atoms with E-state index in [0.717, 1.165) is 47.0 Å². The van der Waals surface area contributed by atoms with E-state index in [0.29, 0.717) is 17.5 Å². The smallest absolute Gasteiger partial charge is 0.253 e. The minimum atomic E-state index is -0.354. The monoisotopic (exact) mass is 407 g/mol. The van der Waals surface area contributed by atoms with E-state index in [1.807, 2.05) is 28.3 Å². The second-order valence-electron chi connectivity index (χ2n) is 7.77. The maximum Gasteiger partial charge on any atom is 0.253 e. The third-order valence-corrected chi connectivity index (χ3v) is 6.58. The molecule has 2 aromatic carbocycles. The molecule has 1 aliphatic rings. The van der Waals surface area contributed by atoms with Crippen LogP contribution in [0.1, 0.15) is 48.0 Å². The van der Waals surface area contributed by atoms with Crippen molar-refractivity contribution in [1.82, 2.24) is 14.9 Å². The molecule has 148 valence electrons. The van der Waals surface area contributed by atoms with Crippen molar-refractivity contribution in [3.05, 3.63) is 65.0 Å². The van der Waals surface area contributed by atoms with Crippen LogP contribution in [0.25, 0.3) is 21.1 Å². The van der Waals surface area contributed by atoms with Crippen LogP contribution in [0.3, 0.4) is 0 Å². The molecule has 0 spiro atoms. The molecule has 1 saturated carbocycles. The SMILES string of the molecule is O=C(NC1CCCCC1)c1cn(Cc2ccc3ncsc3c2)c2cccc(F)c12. The Morgan fingerprint density at radius 1 is 1.21 bits per heavy atom. The lowest BCUT2D eigenvalue weighted by molar-refractivity contribution is 0.0929. The normalized spacial score (nSPS) is 15.2. The molecule has 0 saturated heterocycles. The summed E-state index contributed by atoms with van der Waals surface area (Å²) >= 11 is 1.60. The number of hydrogen-bond donors (Lipinski definition) is 1. The largest absolute Gasteiger partial charge is 0.349 e. The number of carbonyl (C=O) groups excluding carboxylic acids is 1. The summed E-state index contributed by atoms with van der Waals surface area (Å²) in [5.74, 6) is -0.531. The number of aromatic nitrogens is 2. The first-order chi connectivity index (χ1) is 14.2. The molecule has 0 bridgehead atoms. The Hall–Kier alpha value is -2.73. The number of benzene rings is 2. The van der Waals surface area contributed by atoms with Gasteiger partial charge >= 0.3 is 0 Å². The Morgan fingerprint density at radius 2 is 2.07 bits per heavy atom. The standard InChI is InChI=1S/C23H22FN3OS/c24-18-7-4-8-20-22(18)17(23(28)26-16-5-2-1-3-6-16)13-27(20)12-15-9-10-19-21(11-15)29-14-25-19/h4,7-11,13-14,16H,1-3,5-6,12H2,(H,26,28). The van der Waals surface area contributed by atoms with Gasteiger partial charge in [-0.15, -0.1) is 11.3 Å². The highest BCUT2D eigenvalue weighted by atomic mass is 32.1. The van der Waals surface area contributed by atoms with E-state index in [2.05, 4.69) is 16.4 Å². The number of thiazole rings is 1. The first kappa shape index (κ1) is 18.3. The second kappa shape index (κ2) is 7.59. The molecule has 4 aromatic rings. The van der Waals surface area contributed by atoms with Gasteiger partial charge in [-0.3, -0.25) is 4.79 Å². The van der Waals surface area contributed by atoms with Crippen LogP contribution < -0.4 is 5.32 Å². The zero-order chi connectivity index (χ0) is 19.8. The van der Waals surface area contributed by atoms with Crippen LogP contribution in [0.15, 0.2) is 48.1 Å². The molecule has 1 aliphatic carbocycles. The summed E-state index contributed by atoms with van der Waals surface area (Å²) in [5.41, 5.74) is 5.07. The van der Waals surface area contributed by atoms with Gasteiger partial charge in [0.25, 0.3) is 5.91 Å². The number of amides is 1. The fourth-order valence-electron chi connectivity index (χ4n) is 4.32. The molecule has 0 atom stereocenters. The number of hydrogen-bond acceptors (Lipinski definition) is 3. The van der Waals surface area contributed by atoms with Crippen LogP contribution >= 0.6 is 11.3 Å². The summed E-state index contributed by atoms with van der Waals surface area (Å²) in [6, 6.07) is 11.3. The van der Waals surface area contributed by atoms with Gasteiger partial charge in [0.1, 0.15) is 5.82 Å². The first-order valence-electron chi connectivity index (χ1n) is 10.1. The molecular weight excluding hydrogens is 385 g/mol. The van der Waals surface area contributed by atoms with Crippen LogP contribution in [0.4, 0.5) is 4.39 Å². The Labute approximate surface area is 172 Å². The van der Waals surface area contributed by atoms with E-state index in [1.54, 1.807) is 23.6 Å². The van der Waals surface area contributed by atoms with Crippen molar-refractivity contribution in [1.29, 1.82) is 0 Å². The molecule has 1 fully saturated rings. The molecule has 29 heavy (non-hydrogen) atoms. The van der Waals surface area contributed by atoms with Crippen molar-refractivity contribution < 1.29 is 9.18 Å². The van der Waals surface area contributed by atoms with Crippen molar-refractivity contribution >= 4 is 38.4 Å². The lowest BCUT2D eigenvalue weighted by Crippen LogP contribution is -2.36. The highest BCUT2D eigenvalue weighted by Crippen LogP contribution is 2.27. The fourth-order valence-corrected chi connectivity index (χ4v) is 5.06. The Kier molecular flexibility index (Phi) is 4.79. The summed E-state index contributed by atoms with van der Waals surface area (Å²) in [4.78, 5) is 17.3. The molecule has 2 heterocycles. The van der Waals surface area contributed by atoms with Gasteiger partial charge in [-0.25, -0.2) is 9.37 Å². The van der Waals surface area contributed by atoms with E-state index < -0.39 is 0 Å². The molecule has 6 heteroatoms. The maximum atomic E-state index is 14.7. The molecule has 5 rings (SSSR count). The lowest BCUT2D eigenvalue weighted by Gasteiger charge is -2.22. The number of nitrogens with one attached hydrogen (secondary N) is 1. The topological polar surface area (TPSA) is 46.9 Å². The predicted molar refractivity (Wildman–Crippen MR) is 115 cm³/mol. The zero-order valence-electron chi connectivity index (χ0n) is 16.0. The highest BCUT2D eigenvalue weighted by Gasteiger charge is 2.22. The first-order valence-corrected chi connectivity index (χ1v) is 11.0. The van der Waals surface area contributed by atoms with E-state index in [1.165, 1.54) is 12.5 Å². The summed E-state index contributed by atoms with van der Waals surface area (Å²) in [6.45, 7) is 0.574. The lowest BCUT2D eigenvalue weighted by atomic mass is 9.95. The molecule has 0 radical (unpaired) electrons. The van der Waals surface area contributed by atoms with Crippen molar-refractivity contribution in [3.8, 4) is 0 Å². The quantitative estimate of drug-likeness (QED) is 0.485. The third kappa shape index (κ3) is 3.53. The summed E-state index contributed by atoms with van der Waals surface area (Å²) in [6.07, 6.45) is 7.30. The number of fused-ring (bicyclic) bond motifs is 2. The molecule has 0 aliphatic heterocycles. The Morgan fingerprint density at radius 3 is 2.93 bits per heavy atom. The zero-order valence-corrected chi connectivity index (χ0v) is 16.8. The van der Waals surface area contributed by atoms with Crippen LogP contribution in [-0.4, -0.2) is 21.5 Å². The molecule has 1 N–H and O–H groups in total. The highest BCUT2D eigenvalue weighted by molar-refractivity contribution is 7.16. The number of rotatable bonds is 4. The third-order valence-electron chi connectivity index (χ3n) is 5.79. The summed E-state index contributed by atoms with van der Waals surface area (Å²) < 4.78 is 17.8. The average Bonchev–Trinajstić information content (AvgIpc) is 3.34. The van der Waals surface area contributed by atoms with Crippen molar-refractivity contribution in [3.63, 3.8) is 0 Å². The molecule has 2 aromatic heterocycles.